The summed E-state index contributed by atoms with van der Waals surface area (Å²) in [5.74, 6) is 0. The van der Waals surface area contributed by atoms with Gasteiger partial charge in [-0.3, -0.25) is 0 Å². The van der Waals surface area contributed by atoms with Crippen LogP contribution in [-0.2, 0) is 0 Å². The highest BCUT2D eigenvalue weighted by Gasteiger charge is 2.19. The van der Waals surface area contributed by atoms with Gasteiger partial charge >= 0.3 is 0 Å². The van der Waals surface area contributed by atoms with Gasteiger partial charge in [-0.15, -0.1) is 11.8 Å². The van der Waals surface area contributed by atoms with Crippen molar-refractivity contribution in [3.05, 3.63) is 89.2 Å². The highest BCUT2D eigenvalue weighted by Crippen LogP contribution is 2.54. The molecule has 0 aromatic heterocycles. The first-order valence-corrected chi connectivity index (χ1v) is 12.7. The highest BCUT2D eigenvalue weighted by molar-refractivity contribution is 8.32. The molecule has 1 aliphatic heterocycles. The quantitative estimate of drug-likeness (QED) is 0.427. The maximum atomic E-state index is 6.02. The number of hydrogen-bond acceptors (Lipinski definition) is 4. The van der Waals surface area contributed by atoms with E-state index in [2.05, 4.69) is 49.8 Å². The fraction of sp³-hybridized carbons (Fsp3) is 0.143. The van der Waals surface area contributed by atoms with Crippen LogP contribution in [0.5, 0.6) is 0 Å². The molecule has 6 heteroatoms. The lowest BCUT2D eigenvalue weighted by Crippen LogP contribution is -1.82. The molecule has 1 aliphatic rings. The van der Waals surface area contributed by atoms with Crippen LogP contribution in [-0.4, -0.2) is 6.26 Å². The Morgan fingerprint density at radius 3 is 2.11 bits per heavy atom. The van der Waals surface area contributed by atoms with Gasteiger partial charge in [0.2, 0.25) is 0 Å². The molecule has 0 spiro atoms. The molecule has 27 heavy (non-hydrogen) atoms. The summed E-state index contributed by atoms with van der Waals surface area (Å²) in [6.07, 6.45) is 2.12. The van der Waals surface area contributed by atoms with Gasteiger partial charge in [0.1, 0.15) is 0 Å². The molecule has 0 amide bonds. The van der Waals surface area contributed by atoms with Crippen molar-refractivity contribution in [3.8, 4) is 0 Å². The van der Waals surface area contributed by atoms with Crippen LogP contribution in [0, 0.1) is 0 Å². The van der Waals surface area contributed by atoms with E-state index in [1.165, 1.54) is 35.0 Å². The lowest BCUT2D eigenvalue weighted by Gasteiger charge is -2.09. The first-order chi connectivity index (χ1) is 13.0. The van der Waals surface area contributed by atoms with E-state index in [9.17, 15) is 0 Å². The summed E-state index contributed by atoms with van der Waals surface area (Å²) >= 11 is 19.2. The van der Waals surface area contributed by atoms with E-state index in [1.54, 1.807) is 23.5 Å². The summed E-state index contributed by atoms with van der Waals surface area (Å²) in [7, 11) is 0. The molecule has 0 radical (unpaired) electrons. The number of thioether (sulfide) groups is 4. The van der Waals surface area contributed by atoms with Gasteiger partial charge in [-0.25, -0.2) is 0 Å². The highest BCUT2D eigenvalue weighted by atomic mass is 35.5. The first kappa shape index (κ1) is 21.4. The molecule has 0 saturated heterocycles. The summed E-state index contributed by atoms with van der Waals surface area (Å²) in [6.45, 7) is 4.35. The standard InChI is InChI=1S/C21H18Cl2S4/c1-13(20(24-3)15-4-8-17(22)9-5-15)25-12-19-26-14(2)21(27-19)16-6-10-18(23)11-7-16/h4-12H,1-3H3/b19-12-,20-13-. The molecule has 0 nitrogen and oxygen atoms in total. The summed E-state index contributed by atoms with van der Waals surface area (Å²) in [6, 6.07) is 16.1. The molecular weight excluding hydrogens is 451 g/mol. The molecule has 140 valence electrons. The smallest absolute Gasteiger partial charge is 0.0562 e. The fourth-order valence-electron chi connectivity index (χ4n) is 2.56. The lowest BCUT2D eigenvalue weighted by molar-refractivity contribution is 1.62. The third-order valence-corrected chi connectivity index (χ3v) is 9.16. The molecule has 1 heterocycles. The van der Waals surface area contributed by atoms with Crippen molar-refractivity contribution >= 4 is 80.1 Å². The van der Waals surface area contributed by atoms with Crippen molar-refractivity contribution in [2.75, 3.05) is 6.26 Å². The Labute approximate surface area is 188 Å². The van der Waals surface area contributed by atoms with Gasteiger partial charge in [-0.05, 0) is 60.9 Å². The average molecular weight is 470 g/mol. The van der Waals surface area contributed by atoms with Gasteiger partial charge in [0, 0.05) is 29.7 Å². The van der Waals surface area contributed by atoms with Gasteiger partial charge < -0.3 is 0 Å². The van der Waals surface area contributed by atoms with E-state index in [0.717, 1.165) is 10.0 Å². The number of hydrogen-bond donors (Lipinski definition) is 0. The summed E-state index contributed by atoms with van der Waals surface area (Å²) in [5.41, 5.74) is 2.43. The number of benzene rings is 2. The lowest BCUT2D eigenvalue weighted by atomic mass is 10.2. The summed E-state index contributed by atoms with van der Waals surface area (Å²) < 4.78 is 1.30. The second-order valence-electron chi connectivity index (χ2n) is 5.75. The Kier molecular flexibility index (Phi) is 7.83. The van der Waals surface area contributed by atoms with Crippen molar-refractivity contribution in [1.82, 2.24) is 0 Å². The maximum absolute atomic E-state index is 6.02. The average Bonchev–Trinajstić information content (AvgIpc) is 3.03. The van der Waals surface area contributed by atoms with Gasteiger partial charge in [-0.2, -0.15) is 0 Å². The minimum atomic E-state index is 0.765. The van der Waals surface area contributed by atoms with Crippen LogP contribution in [0.15, 0.2) is 68.0 Å². The van der Waals surface area contributed by atoms with Crippen molar-refractivity contribution < 1.29 is 0 Å². The monoisotopic (exact) mass is 468 g/mol. The Balaban J connectivity index is 1.74. The predicted octanol–water partition coefficient (Wildman–Crippen LogP) is 9.45. The zero-order chi connectivity index (χ0) is 19.4. The Bertz CT molecular complexity index is 910. The molecule has 0 atom stereocenters. The Morgan fingerprint density at radius 1 is 0.926 bits per heavy atom. The van der Waals surface area contributed by atoms with Crippen LogP contribution in [0.3, 0.4) is 0 Å². The van der Waals surface area contributed by atoms with E-state index in [4.69, 9.17) is 23.2 Å². The Morgan fingerprint density at radius 2 is 1.52 bits per heavy atom. The van der Waals surface area contributed by atoms with E-state index in [0.29, 0.717) is 0 Å². The van der Waals surface area contributed by atoms with Crippen LogP contribution < -0.4 is 0 Å². The minimum Gasteiger partial charge on any atom is -0.128 e. The molecule has 0 fully saturated rings. The van der Waals surface area contributed by atoms with E-state index >= 15 is 0 Å². The number of allylic oxidation sites excluding steroid dienone is 2. The number of halogens is 2. The Hall–Kier alpha value is -0.360. The fourth-order valence-corrected chi connectivity index (χ4v) is 7.19. The third-order valence-electron chi connectivity index (χ3n) is 3.84. The zero-order valence-corrected chi connectivity index (χ0v) is 19.9. The number of rotatable bonds is 5. The molecule has 2 aromatic carbocycles. The normalized spacial score (nSPS) is 16.9. The van der Waals surface area contributed by atoms with E-state index in [1.807, 2.05) is 47.8 Å². The van der Waals surface area contributed by atoms with Crippen LogP contribution in [0.25, 0.3) is 9.81 Å². The predicted molar refractivity (Wildman–Crippen MR) is 132 cm³/mol. The van der Waals surface area contributed by atoms with Gasteiger partial charge in [0.25, 0.3) is 0 Å². The SMILES string of the molecule is CS/C(=C(/C)S/C=C1/SC(C)=C(c2ccc(Cl)cc2)S1)c1ccc(Cl)cc1. The molecule has 2 aromatic rings. The van der Waals surface area contributed by atoms with Crippen LogP contribution in [0.2, 0.25) is 10.0 Å². The molecular formula is C21H18Cl2S4. The topological polar surface area (TPSA) is 0 Å². The third kappa shape index (κ3) is 5.59. The van der Waals surface area contributed by atoms with Crippen LogP contribution in [0.1, 0.15) is 25.0 Å². The summed E-state index contributed by atoms with van der Waals surface area (Å²) in [5, 5.41) is 3.79. The second-order valence-corrected chi connectivity index (χ2v) is 11.1. The summed E-state index contributed by atoms with van der Waals surface area (Å²) in [4.78, 5) is 5.21. The van der Waals surface area contributed by atoms with Gasteiger partial charge in [0.05, 0.1) is 4.24 Å². The van der Waals surface area contributed by atoms with E-state index < -0.39 is 0 Å². The van der Waals surface area contributed by atoms with Crippen molar-refractivity contribution in [1.29, 1.82) is 0 Å². The van der Waals surface area contributed by atoms with Crippen LogP contribution in [0.4, 0.5) is 0 Å². The molecule has 0 aliphatic carbocycles. The molecule has 0 bridgehead atoms. The zero-order valence-electron chi connectivity index (χ0n) is 15.1. The van der Waals surface area contributed by atoms with Crippen LogP contribution >= 0.6 is 70.2 Å². The molecule has 3 rings (SSSR count). The second kappa shape index (κ2) is 9.91. The van der Waals surface area contributed by atoms with E-state index in [-0.39, 0.29) is 0 Å². The van der Waals surface area contributed by atoms with Gasteiger partial charge in [-0.1, -0.05) is 82.8 Å². The van der Waals surface area contributed by atoms with Crippen molar-refractivity contribution in [2.24, 2.45) is 0 Å². The minimum absolute atomic E-state index is 0.765. The molecule has 0 N–H and O–H groups in total. The largest absolute Gasteiger partial charge is 0.128 e. The van der Waals surface area contributed by atoms with Crippen molar-refractivity contribution in [3.63, 3.8) is 0 Å². The molecule has 0 unspecified atom stereocenters. The van der Waals surface area contributed by atoms with Crippen molar-refractivity contribution in [2.45, 2.75) is 13.8 Å². The van der Waals surface area contributed by atoms with Gasteiger partial charge in [0.15, 0.2) is 0 Å². The molecule has 0 saturated carbocycles. The maximum Gasteiger partial charge on any atom is 0.0562 e. The first-order valence-electron chi connectivity index (χ1n) is 8.18.